The van der Waals surface area contributed by atoms with E-state index in [0.717, 1.165) is 17.9 Å². The van der Waals surface area contributed by atoms with Crippen LogP contribution in [0.1, 0.15) is 87.0 Å². The summed E-state index contributed by atoms with van der Waals surface area (Å²) >= 11 is 0. The zero-order chi connectivity index (χ0) is 20.5. The molecule has 164 valence electrons. The summed E-state index contributed by atoms with van der Waals surface area (Å²) < 4.78 is 0. The summed E-state index contributed by atoms with van der Waals surface area (Å²) in [4.78, 5) is 8.31. The molecule has 0 aromatic rings. The maximum absolute atomic E-state index is 2.86. The van der Waals surface area contributed by atoms with Crippen molar-refractivity contribution in [3.8, 4) is 0 Å². The molecule has 3 fully saturated rings. The molecule has 3 aliphatic heterocycles. The molecule has 0 radical (unpaired) electrons. The quantitative estimate of drug-likeness (QED) is 0.623. The molecule has 2 atom stereocenters. The Morgan fingerprint density at radius 3 is 2.04 bits per heavy atom. The molecule has 0 saturated carbocycles. The van der Waals surface area contributed by atoms with E-state index in [4.69, 9.17) is 0 Å². The Morgan fingerprint density at radius 1 is 0.857 bits per heavy atom. The number of piperidine rings is 2. The molecule has 3 saturated heterocycles. The SMILES string of the molecule is CC(C)N1CCC(C(C)(C)N2CCC(CC(C)N3CCC(C)(C)CC3)C2)CC1. The van der Waals surface area contributed by atoms with E-state index in [1.807, 2.05) is 0 Å². The third-order valence-electron chi connectivity index (χ3n) is 8.81. The predicted molar refractivity (Wildman–Crippen MR) is 122 cm³/mol. The van der Waals surface area contributed by atoms with Crippen molar-refractivity contribution in [2.75, 3.05) is 39.3 Å². The zero-order valence-corrected chi connectivity index (χ0v) is 20.1. The fourth-order valence-corrected chi connectivity index (χ4v) is 6.13. The first-order valence-electron chi connectivity index (χ1n) is 12.3. The molecule has 2 unspecified atom stereocenters. The van der Waals surface area contributed by atoms with Crippen molar-refractivity contribution in [2.24, 2.45) is 17.3 Å². The van der Waals surface area contributed by atoms with E-state index in [-0.39, 0.29) is 0 Å². The van der Waals surface area contributed by atoms with Gasteiger partial charge in [-0.1, -0.05) is 13.8 Å². The Bertz CT molecular complexity index is 480. The number of likely N-dealkylation sites (tertiary alicyclic amines) is 3. The van der Waals surface area contributed by atoms with Crippen LogP contribution in [0.5, 0.6) is 0 Å². The Kier molecular flexibility index (Phi) is 7.20. The lowest BCUT2D eigenvalue weighted by molar-refractivity contribution is 0.0311. The Balaban J connectivity index is 1.46. The Morgan fingerprint density at radius 2 is 1.46 bits per heavy atom. The van der Waals surface area contributed by atoms with Gasteiger partial charge in [-0.3, -0.25) is 4.90 Å². The molecule has 0 aromatic heterocycles. The molecule has 3 heterocycles. The predicted octanol–water partition coefficient (Wildman–Crippen LogP) is 5.11. The zero-order valence-electron chi connectivity index (χ0n) is 20.1. The molecule has 0 aliphatic carbocycles. The van der Waals surface area contributed by atoms with E-state index in [9.17, 15) is 0 Å². The molecular weight excluding hydrogens is 342 g/mol. The van der Waals surface area contributed by atoms with Crippen LogP contribution in [0, 0.1) is 17.3 Å². The van der Waals surface area contributed by atoms with Crippen LogP contribution in [0.3, 0.4) is 0 Å². The topological polar surface area (TPSA) is 9.72 Å². The largest absolute Gasteiger partial charge is 0.301 e. The van der Waals surface area contributed by atoms with Gasteiger partial charge >= 0.3 is 0 Å². The number of hydrogen-bond acceptors (Lipinski definition) is 3. The molecule has 0 aromatic carbocycles. The molecule has 28 heavy (non-hydrogen) atoms. The lowest BCUT2D eigenvalue weighted by atomic mass is 9.79. The normalized spacial score (nSPS) is 30.2. The molecule has 0 spiro atoms. The van der Waals surface area contributed by atoms with Crippen LogP contribution in [-0.4, -0.2) is 71.6 Å². The standard InChI is InChI=1S/C25H49N3/c1-20(2)26-13-9-23(10-14-26)25(6,7)28-15-8-22(19-28)18-21(3)27-16-11-24(4,5)12-17-27/h20-23H,8-19H2,1-7H3. The van der Waals surface area contributed by atoms with Crippen molar-refractivity contribution in [2.45, 2.75) is 105 Å². The van der Waals surface area contributed by atoms with E-state index in [1.165, 1.54) is 77.8 Å². The van der Waals surface area contributed by atoms with Gasteiger partial charge in [0.25, 0.3) is 0 Å². The van der Waals surface area contributed by atoms with Crippen LogP contribution >= 0.6 is 0 Å². The van der Waals surface area contributed by atoms with E-state index < -0.39 is 0 Å². The van der Waals surface area contributed by atoms with Crippen molar-refractivity contribution in [1.82, 2.24) is 14.7 Å². The summed E-state index contributed by atoms with van der Waals surface area (Å²) in [6.45, 7) is 25.0. The van der Waals surface area contributed by atoms with E-state index in [1.54, 1.807) is 0 Å². The first kappa shape index (κ1) is 22.6. The highest BCUT2D eigenvalue weighted by atomic mass is 15.2. The summed E-state index contributed by atoms with van der Waals surface area (Å²) in [6.07, 6.45) is 8.32. The molecular formula is C25H49N3. The maximum Gasteiger partial charge on any atom is 0.0182 e. The minimum Gasteiger partial charge on any atom is -0.301 e. The minimum absolute atomic E-state index is 0.371. The highest BCUT2D eigenvalue weighted by Crippen LogP contribution is 2.38. The Hall–Kier alpha value is -0.120. The monoisotopic (exact) mass is 391 g/mol. The van der Waals surface area contributed by atoms with Gasteiger partial charge in [-0.2, -0.15) is 0 Å². The van der Waals surface area contributed by atoms with E-state index in [2.05, 4.69) is 63.2 Å². The molecule has 0 bridgehead atoms. The van der Waals surface area contributed by atoms with Crippen molar-refractivity contribution in [3.63, 3.8) is 0 Å². The smallest absolute Gasteiger partial charge is 0.0182 e. The lowest BCUT2D eigenvalue weighted by Gasteiger charge is -2.47. The highest BCUT2D eigenvalue weighted by molar-refractivity contribution is 4.96. The molecule has 3 aliphatic rings. The second-order valence-corrected chi connectivity index (χ2v) is 11.9. The third-order valence-corrected chi connectivity index (χ3v) is 8.81. The molecule has 0 N–H and O–H groups in total. The average Bonchev–Trinajstić information content (AvgIpc) is 3.11. The van der Waals surface area contributed by atoms with Gasteiger partial charge in [-0.25, -0.2) is 0 Å². The van der Waals surface area contributed by atoms with Gasteiger partial charge in [0.05, 0.1) is 0 Å². The first-order chi connectivity index (χ1) is 13.1. The number of nitrogens with zero attached hydrogens (tertiary/aromatic N) is 3. The van der Waals surface area contributed by atoms with Crippen molar-refractivity contribution in [1.29, 1.82) is 0 Å². The van der Waals surface area contributed by atoms with Crippen LogP contribution in [0.25, 0.3) is 0 Å². The Labute approximate surface area is 176 Å². The maximum atomic E-state index is 2.86. The van der Waals surface area contributed by atoms with Crippen LogP contribution in [0.4, 0.5) is 0 Å². The van der Waals surface area contributed by atoms with Crippen molar-refractivity contribution < 1.29 is 0 Å². The van der Waals surface area contributed by atoms with Crippen LogP contribution in [0.15, 0.2) is 0 Å². The summed E-state index contributed by atoms with van der Waals surface area (Å²) in [5.41, 5.74) is 0.936. The second-order valence-electron chi connectivity index (χ2n) is 11.9. The van der Waals surface area contributed by atoms with Crippen LogP contribution in [0.2, 0.25) is 0 Å². The summed E-state index contributed by atoms with van der Waals surface area (Å²) in [7, 11) is 0. The van der Waals surface area contributed by atoms with Gasteiger partial charge in [0.15, 0.2) is 0 Å². The third kappa shape index (κ3) is 5.32. The van der Waals surface area contributed by atoms with Gasteiger partial charge in [0, 0.05) is 24.2 Å². The summed E-state index contributed by atoms with van der Waals surface area (Å²) in [6, 6.07) is 1.47. The molecule has 3 rings (SSSR count). The number of rotatable bonds is 6. The van der Waals surface area contributed by atoms with Gasteiger partial charge in [-0.05, 0) is 123 Å². The van der Waals surface area contributed by atoms with Crippen LogP contribution in [-0.2, 0) is 0 Å². The van der Waals surface area contributed by atoms with Crippen molar-refractivity contribution >= 4 is 0 Å². The molecule has 0 amide bonds. The van der Waals surface area contributed by atoms with Crippen LogP contribution < -0.4 is 0 Å². The summed E-state index contributed by atoms with van der Waals surface area (Å²) in [5.74, 6) is 1.77. The first-order valence-corrected chi connectivity index (χ1v) is 12.3. The number of hydrogen-bond donors (Lipinski definition) is 0. The van der Waals surface area contributed by atoms with Gasteiger partial charge in [0.1, 0.15) is 0 Å². The average molecular weight is 392 g/mol. The lowest BCUT2D eigenvalue weighted by Crippen LogP contribution is -2.52. The van der Waals surface area contributed by atoms with E-state index in [0.29, 0.717) is 17.0 Å². The summed E-state index contributed by atoms with van der Waals surface area (Å²) in [5, 5.41) is 0. The van der Waals surface area contributed by atoms with Crippen molar-refractivity contribution in [3.05, 3.63) is 0 Å². The molecule has 3 nitrogen and oxygen atoms in total. The highest BCUT2D eigenvalue weighted by Gasteiger charge is 2.41. The minimum atomic E-state index is 0.371. The van der Waals surface area contributed by atoms with Gasteiger partial charge < -0.3 is 9.80 Å². The van der Waals surface area contributed by atoms with Gasteiger partial charge in [0.2, 0.25) is 0 Å². The fraction of sp³-hybridized carbons (Fsp3) is 1.00. The molecule has 3 heteroatoms. The fourth-order valence-electron chi connectivity index (χ4n) is 6.13. The van der Waals surface area contributed by atoms with Gasteiger partial charge in [-0.15, -0.1) is 0 Å². The second kappa shape index (κ2) is 8.94. The van der Waals surface area contributed by atoms with E-state index >= 15 is 0 Å².